The van der Waals surface area contributed by atoms with Crippen LogP contribution in [0.2, 0.25) is 0 Å². The molecule has 1 spiro atoms. The van der Waals surface area contributed by atoms with Crippen molar-refractivity contribution in [2.24, 2.45) is 5.92 Å². The van der Waals surface area contributed by atoms with Crippen molar-refractivity contribution in [3.05, 3.63) is 41.3 Å². The van der Waals surface area contributed by atoms with Crippen LogP contribution in [0.1, 0.15) is 25.7 Å². The molecule has 1 N–H and O–H groups in total. The first-order valence-corrected chi connectivity index (χ1v) is 9.56. The number of anilines is 2. The van der Waals surface area contributed by atoms with Gasteiger partial charge in [-0.2, -0.15) is 0 Å². The molecule has 1 amide bonds. The van der Waals surface area contributed by atoms with Gasteiger partial charge in [0, 0.05) is 25.1 Å². The van der Waals surface area contributed by atoms with E-state index in [4.69, 9.17) is 4.74 Å². The van der Waals surface area contributed by atoms with Gasteiger partial charge in [-0.15, -0.1) is 0 Å². The number of hydrogen-bond donors (Lipinski definition) is 1. The van der Waals surface area contributed by atoms with Gasteiger partial charge in [0.15, 0.2) is 0 Å². The van der Waals surface area contributed by atoms with Crippen LogP contribution >= 0.6 is 15.9 Å². The second-order valence-electron chi connectivity index (χ2n) is 6.87. The van der Waals surface area contributed by atoms with E-state index in [1.54, 1.807) is 23.5 Å². The summed E-state index contributed by atoms with van der Waals surface area (Å²) < 4.78 is 6.64. The highest BCUT2D eigenvalue weighted by Crippen LogP contribution is 2.40. The average molecular weight is 418 g/mol. The second kappa shape index (κ2) is 7.19. The zero-order valence-electron chi connectivity index (χ0n) is 14.3. The fourth-order valence-electron chi connectivity index (χ4n) is 3.62. The summed E-state index contributed by atoms with van der Waals surface area (Å²) >= 11 is 3.33. The van der Waals surface area contributed by atoms with Crippen LogP contribution < -0.4 is 10.2 Å². The molecule has 1 saturated heterocycles. The molecule has 0 aromatic carbocycles. The quantitative estimate of drug-likeness (QED) is 0.817. The lowest BCUT2D eigenvalue weighted by molar-refractivity contribution is 0.0148. The minimum Gasteiger partial charge on any atom is -0.441 e. The molecular formula is C18H20BrN5O2. The molecule has 8 heteroatoms. The van der Waals surface area contributed by atoms with Crippen molar-refractivity contribution in [1.82, 2.24) is 15.0 Å². The van der Waals surface area contributed by atoms with Crippen LogP contribution in [0.3, 0.4) is 0 Å². The Bertz CT molecular complexity index is 763. The zero-order valence-corrected chi connectivity index (χ0v) is 15.9. The number of ether oxygens (including phenoxy) is 1. The number of amides is 1. The fraction of sp³-hybridized carbons (Fsp3) is 0.444. The van der Waals surface area contributed by atoms with Crippen molar-refractivity contribution >= 4 is 33.8 Å². The van der Waals surface area contributed by atoms with E-state index in [-0.39, 0.29) is 11.7 Å². The lowest BCUT2D eigenvalue weighted by Crippen LogP contribution is -2.39. The number of carbonyl (C=O) groups is 1. The Labute approximate surface area is 160 Å². The molecule has 2 fully saturated rings. The first-order chi connectivity index (χ1) is 12.6. The fourth-order valence-corrected chi connectivity index (χ4v) is 3.83. The number of nitrogens with zero attached hydrogens (tertiary/aromatic N) is 4. The second-order valence-corrected chi connectivity index (χ2v) is 7.79. The van der Waals surface area contributed by atoms with Gasteiger partial charge in [0.1, 0.15) is 11.4 Å². The molecule has 26 heavy (non-hydrogen) atoms. The van der Waals surface area contributed by atoms with Crippen LogP contribution in [0.15, 0.2) is 41.3 Å². The number of pyridine rings is 1. The van der Waals surface area contributed by atoms with Gasteiger partial charge >= 0.3 is 6.09 Å². The third kappa shape index (κ3) is 3.65. The summed E-state index contributed by atoms with van der Waals surface area (Å²) in [6, 6.07) is 5.56. The van der Waals surface area contributed by atoms with Crippen molar-refractivity contribution < 1.29 is 9.53 Å². The molecule has 2 aromatic heterocycles. The molecule has 2 aliphatic rings. The van der Waals surface area contributed by atoms with Crippen LogP contribution in [0.5, 0.6) is 0 Å². The highest BCUT2D eigenvalue weighted by Gasteiger charge is 2.47. The van der Waals surface area contributed by atoms with Crippen LogP contribution in [0.25, 0.3) is 0 Å². The van der Waals surface area contributed by atoms with Gasteiger partial charge < -0.3 is 10.1 Å². The molecule has 1 saturated carbocycles. The minimum atomic E-state index is -0.376. The third-order valence-electron chi connectivity index (χ3n) is 5.08. The average Bonchev–Trinajstić information content (AvgIpc) is 2.99. The maximum absolute atomic E-state index is 12.3. The summed E-state index contributed by atoms with van der Waals surface area (Å²) in [7, 11) is 0. The molecule has 0 radical (unpaired) electrons. The standard InChI is InChI=1S/C18H20BrN5O2/c19-14-10-22-16(23-11-14)21-9-13-4-6-18(7-5-13)12-24(17(25)26-18)15-3-1-2-8-20-15/h1-3,8,10-11,13H,4-7,9,12H2,(H,21,22,23)/t13-,18-. The van der Waals surface area contributed by atoms with E-state index in [0.717, 1.165) is 36.7 Å². The van der Waals surface area contributed by atoms with E-state index in [9.17, 15) is 4.79 Å². The van der Waals surface area contributed by atoms with Crippen molar-refractivity contribution in [3.8, 4) is 0 Å². The molecule has 3 heterocycles. The molecule has 0 bridgehead atoms. The summed E-state index contributed by atoms with van der Waals surface area (Å²) in [5.74, 6) is 1.82. The van der Waals surface area contributed by atoms with Crippen LogP contribution in [-0.4, -0.2) is 39.7 Å². The third-order valence-corrected chi connectivity index (χ3v) is 5.49. The Balaban J connectivity index is 1.32. The predicted molar refractivity (Wildman–Crippen MR) is 101 cm³/mol. The van der Waals surface area contributed by atoms with E-state index in [2.05, 4.69) is 36.2 Å². The maximum Gasteiger partial charge on any atom is 0.416 e. The first-order valence-electron chi connectivity index (χ1n) is 8.77. The monoisotopic (exact) mass is 417 g/mol. The largest absolute Gasteiger partial charge is 0.441 e. The minimum absolute atomic E-state index is 0.288. The normalized spacial score (nSPS) is 25.3. The van der Waals surface area contributed by atoms with E-state index >= 15 is 0 Å². The summed E-state index contributed by atoms with van der Waals surface area (Å²) in [6.07, 6.45) is 8.62. The van der Waals surface area contributed by atoms with Gasteiger partial charge in [-0.25, -0.2) is 19.7 Å². The summed E-state index contributed by atoms with van der Waals surface area (Å²) in [4.78, 5) is 26.7. The lowest BCUT2D eigenvalue weighted by atomic mass is 9.78. The SMILES string of the molecule is O=C1O[C@]2(CC[C@H](CNc3ncc(Br)cn3)CC2)CN1c1ccccn1. The van der Waals surface area contributed by atoms with Gasteiger partial charge in [0.2, 0.25) is 5.95 Å². The Morgan fingerprint density at radius 3 is 2.69 bits per heavy atom. The number of hydrogen-bond acceptors (Lipinski definition) is 6. The van der Waals surface area contributed by atoms with Gasteiger partial charge in [-0.05, 0) is 59.7 Å². The highest BCUT2D eigenvalue weighted by molar-refractivity contribution is 9.10. The Morgan fingerprint density at radius 1 is 1.23 bits per heavy atom. The first kappa shape index (κ1) is 17.2. The number of halogens is 1. The molecule has 0 unspecified atom stereocenters. The molecule has 1 aliphatic carbocycles. The zero-order chi connectivity index (χ0) is 18.0. The van der Waals surface area contributed by atoms with E-state index in [1.807, 2.05) is 18.2 Å². The summed E-state index contributed by atoms with van der Waals surface area (Å²) in [6.45, 7) is 1.41. The number of carbonyl (C=O) groups excluding carboxylic acids is 1. The molecule has 2 aromatic rings. The van der Waals surface area contributed by atoms with Crippen molar-refractivity contribution in [2.45, 2.75) is 31.3 Å². The number of rotatable bonds is 4. The van der Waals surface area contributed by atoms with Crippen molar-refractivity contribution in [3.63, 3.8) is 0 Å². The van der Waals surface area contributed by atoms with Gasteiger partial charge in [-0.3, -0.25) is 4.90 Å². The molecule has 1 aliphatic heterocycles. The maximum atomic E-state index is 12.3. The van der Waals surface area contributed by atoms with Crippen molar-refractivity contribution in [2.75, 3.05) is 23.3 Å². The summed E-state index contributed by atoms with van der Waals surface area (Å²) in [5.41, 5.74) is -0.376. The van der Waals surface area contributed by atoms with Gasteiger partial charge in [-0.1, -0.05) is 6.07 Å². The predicted octanol–water partition coefficient (Wildman–Crippen LogP) is 3.63. The topological polar surface area (TPSA) is 80.2 Å². The Morgan fingerprint density at radius 2 is 2.00 bits per heavy atom. The number of aromatic nitrogens is 3. The molecule has 136 valence electrons. The van der Waals surface area contributed by atoms with Gasteiger partial charge in [0.05, 0.1) is 11.0 Å². The van der Waals surface area contributed by atoms with E-state index in [1.165, 1.54) is 0 Å². The number of nitrogens with one attached hydrogen (secondary N) is 1. The van der Waals surface area contributed by atoms with Gasteiger partial charge in [0.25, 0.3) is 0 Å². The summed E-state index contributed by atoms with van der Waals surface area (Å²) in [5, 5.41) is 3.29. The van der Waals surface area contributed by atoms with Crippen LogP contribution in [0.4, 0.5) is 16.6 Å². The van der Waals surface area contributed by atoms with E-state index < -0.39 is 0 Å². The van der Waals surface area contributed by atoms with Crippen LogP contribution in [0, 0.1) is 5.92 Å². The Kier molecular flexibility index (Phi) is 4.76. The Hall–Kier alpha value is -2.22. The molecule has 0 atom stereocenters. The smallest absolute Gasteiger partial charge is 0.416 e. The molecular weight excluding hydrogens is 398 g/mol. The van der Waals surface area contributed by atoms with E-state index in [0.29, 0.717) is 24.2 Å². The highest BCUT2D eigenvalue weighted by atomic mass is 79.9. The molecule has 4 rings (SSSR count). The lowest BCUT2D eigenvalue weighted by Gasteiger charge is -2.35. The molecule has 7 nitrogen and oxygen atoms in total. The van der Waals surface area contributed by atoms with Crippen LogP contribution in [-0.2, 0) is 4.74 Å². The van der Waals surface area contributed by atoms with Crippen molar-refractivity contribution in [1.29, 1.82) is 0 Å².